The van der Waals surface area contributed by atoms with Crippen LogP contribution in [0.25, 0.3) is 0 Å². The Morgan fingerprint density at radius 3 is 2.81 bits per heavy atom. The molecule has 2 aliphatic rings. The topological polar surface area (TPSA) is 86.1 Å². The van der Waals surface area contributed by atoms with Gasteiger partial charge in [-0.3, -0.25) is 4.79 Å². The molecule has 0 spiro atoms. The number of ether oxygens (including phenoxy) is 1. The number of thioether (sulfide) groups is 1. The second-order valence-corrected chi connectivity index (χ2v) is 12.0. The summed E-state index contributed by atoms with van der Waals surface area (Å²) in [7, 11) is 0. The number of aromatic nitrogens is 3. The number of esters is 1. The van der Waals surface area contributed by atoms with Crippen molar-refractivity contribution in [2.75, 3.05) is 17.7 Å². The summed E-state index contributed by atoms with van der Waals surface area (Å²) in [6, 6.07) is 0. The first kappa shape index (κ1) is 26.9. The number of nitrogens with one attached hydrogen (secondary N) is 1. The van der Waals surface area contributed by atoms with Crippen molar-refractivity contribution in [3.8, 4) is 0 Å². The Morgan fingerprint density at radius 1 is 1.25 bits per heavy atom. The number of carbonyl (C=O) groups excluding carboxylic acids is 2. The molecule has 1 N–H and O–H groups in total. The van der Waals surface area contributed by atoms with Crippen LogP contribution in [-0.4, -0.2) is 39.0 Å². The Balaban J connectivity index is 1.41. The van der Waals surface area contributed by atoms with Crippen molar-refractivity contribution in [2.45, 2.75) is 89.8 Å². The highest BCUT2D eigenvalue weighted by Crippen LogP contribution is 2.40. The maximum absolute atomic E-state index is 12.9. The number of amides is 1. The monoisotopic (exact) mass is 530 g/mol. The minimum Gasteiger partial charge on any atom is -0.462 e. The van der Waals surface area contributed by atoms with Gasteiger partial charge < -0.3 is 14.6 Å². The Kier molecular flexibility index (Phi) is 9.65. The van der Waals surface area contributed by atoms with Crippen LogP contribution in [0.15, 0.2) is 17.8 Å². The van der Waals surface area contributed by atoms with E-state index in [4.69, 9.17) is 4.74 Å². The molecule has 0 saturated heterocycles. The van der Waals surface area contributed by atoms with Crippen LogP contribution in [0.4, 0.5) is 5.00 Å². The van der Waals surface area contributed by atoms with E-state index in [1.165, 1.54) is 60.1 Å². The fraction of sp³-hybridized carbons (Fsp3) is 0.630. The molecular weight excluding hydrogens is 492 g/mol. The molecule has 1 fully saturated rings. The third-order valence-corrected chi connectivity index (χ3v) is 9.32. The van der Waals surface area contributed by atoms with Crippen molar-refractivity contribution in [3.63, 3.8) is 0 Å². The lowest BCUT2D eigenvalue weighted by Gasteiger charge is -2.21. The molecule has 2 heterocycles. The number of thiophene rings is 1. The van der Waals surface area contributed by atoms with Gasteiger partial charge in [-0.05, 0) is 50.0 Å². The first-order valence-corrected chi connectivity index (χ1v) is 15.1. The van der Waals surface area contributed by atoms with Crippen LogP contribution in [0.2, 0.25) is 0 Å². The van der Waals surface area contributed by atoms with E-state index in [0.29, 0.717) is 29.6 Å². The third-order valence-electron chi connectivity index (χ3n) is 7.18. The van der Waals surface area contributed by atoms with Crippen molar-refractivity contribution in [2.24, 2.45) is 11.8 Å². The number of fused-ring (bicyclic) bond motifs is 1. The van der Waals surface area contributed by atoms with Crippen LogP contribution in [0, 0.1) is 11.8 Å². The molecule has 1 saturated carbocycles. The minimum absolute atomic E-state index is 0.158. The van der Waals surface area contributed by atoms with E-state index in [1.54, 1.807) is 6.92 Å². The van der Waals surface area contributed by atoms with Gasteiger partial charge in [0.25, 0.3) is 0 Å². The zero-order chi connectivity index (χ0) is 25.5. The summed E-state index contributed by atoms with van der Waals surface area (Å²) in [5, 5.41) is 13.2. The second kappa shape index (κ2) is 12.9. The zero-order valence-corrected chi connectivity index (χ0v) is 23.1. The standard InChI is InChI=1S/C27H38N4O3S2/c1-4-15-31-22(14-12-19-9-7-6-8-10-19)29-30-27(31)35-17-23(32)28-25-24(26(33)34-5-2)20-13-11-18(3)16-21(20)36-25/h4,18-19H,1,5-17H2,2-3H3,(H,28,32). The normalized spacial score (nSPS) is 18.0. The maximum Gasteiger partial charge on any atom is 0.341 e. The largest absolute Gasteiger partial charge is 0.462 e. The summed E-state index contributed by atoms with van der Waals surface area (Å²) in [6.45, 7) is 8.85. The van der Waals surface area contributed by atoms with Gasteiger partial charge in [-0.1, -0.05) is 56.9 Å². The van der Waals surface area contributed by atoms with Crippen molar-refractivity contribution >= 4 is 40.0 Å². The number of aryl methyl sites for hydroxylation is 1. The predicted octanol–water partition coefficient (Wildman–Crippen LogP) is 6.07. The van der Waals surface area contributed by atoms with Gasteiger partial charge in [0.15, 0.2) is 5.16 Å². The SMILES string of the molecule is C=CCn1c(CCC2CCCCC2)nnc1SCC(=O)Nc1sc2c(c1C(=O)OCC)CCC(C)C2. The quantitative estimate of drug-likeness (QED) is 0.216. The lowest BCUT2D eigenvalue weighted by atomic mass is 9.86. The molecule has 1 amide bonds. The first-order chi connectivity index (χ1) is 17.5. The average Bonchev–Trinajstić information content (AvgIpc) is 3.42. The molecule has 2 aliphatic carbocycles. The second-order valence-electron chi connectivity index (χ2n) is 9.95. The Hall–Kier alpha value is -2.13. The predicted molar refractivity (Wildman–Crippen MR) is 146 cm³/mol. The number of rotatable bonds is 11. The van der Waals surface area contributed by atoms with Gasteiger partial charge in [-0.15, -0.1) is 28.1 Å². The summed E-state index contributed by atoms with van der Waals surface area (Å²) in [6.07, 6.45) is 13.4. The number of hydrogen-bond donors (Lipinski definition) is 1. The van der Waals surface area contributed by atoms with Crippen LogP contribution in [0.5, 0.6) is 0 Å². The zero-order valence-electron chi connectivity index (χ0n) is 21.5. The molecule has 1 atom stereocenters. The van der Waals surface area contributed by atoms with Crippen molar-refractivity contribution in [3.05, 3.63) is 34.5 Å². The van der Waals surface area contributed by atoms with Crippen LogP contribution < -0.4 is 5.32 Å². The summed E-state index contributed by atoms with van der Waals surface area (Å²) < 4.78 is 7.40. The Bertz CT molecular complexity index is 1070. The lowest BCUT2D eigenvalue weighted by Crippen LogP contribution is -2.18. The molecule has 196 valence electrons. The number of nitrogens with zero attached hydrogens (tertiary/aromatic N) is 3. The molecule has 7 nitrogen and oxygen atoms in total. The highest BCUT2D eigenvalue weighted by molar-refractivity contribution is 7.99. The van der Waals surface area contributed by atoms with E-state index in [2.05, 4.69) is 33.6 Å². The molecule has 0 aromatic carbocycles. The molecule has 2 aromatic heterocycles. The van der Waals surface area contributed by atoms with Crippen LogP contribution in [0.1, 0.15) is 85.4 Å². The Labute approximate surface area is 222 Å². The van der Waals surface area contributed by atoms with Crippen molar-refractivity contribution in [1.29, 1.82) is 0 Å². The number of allylic oxidation sites excluding steroid dienone is 1. The molecule has 2 aromatic rings. The van der Waals surface area contributed by atoms with Gasteiger partial charge in [0, 0.05) is 17.8 Å². The molecule has 9 heteroatoms. The average molecular weight is 531 g/mol. The van der Waals surface area contributed by atoms with Gasteiger partial charge in [-0.2, -0.15) is 0 Å². The molecular formula is C27H38N4O3S2. The van der Waals surface area contributed by atoms with E-state index in [1.807, 2.05) is 6.08 Å². The van der Waals surface area contributed by atoms with Gasteiger partial charge >= 0.3 is 5.97 Å². The molecule has 36 heavy (non-hydrogen) atoms. The highest BCUT2D eigenvalue weighted by Gasteiger charge is 2.29. The molecule has 4 rings (SSSR count). The van der Waals surface area contributed by atoms with Gasteiger partial charge in [-0.25, -0.2) is 4.79 Å². The summed E-state index contributed by atoms with van der Waals surface area (Å²) in [5.74, 6) is 2.01. The number of hydrogen-bond acceptors (Lipinski definition) is 7. The number of anilines is 1. The van der Waals surface area contributed by atoms with E-state index < -0.39 is 0 Å². The molecule has 0 bridgehead atoms. The van der Waals surface area contributed by atoms with E-state index in [9.17, 15) is 9.59 Å². The molecule has 0 aliphatic heterocycles. The van der Waals surface area contributed by atoms with Gasteiger partial charge in [0.2, 0.25) is 5.91 Å². The van der Waals surface area contributed by atoms with E-state index >= 15 is 0 Å². The van der Waals surface area contributed by atoms with Crippen molar-refractivity contribution in [1.82, 2.24) is 14.8 Å². The fourth-order valence-electron chi connectivity index (χ4n) is 5.28. The summed E-state index contributed by atoms with van der Waals surface area (Å²) in [4.78, 5) is 26.9. The molecule has 1 unspecified atom stereocenters. The lowest BCUT2D eigenvalue weighted by molar-refractivity contribution is -0.113. The van der Waals surface area contributed by atoms with Gasteiger partial charge in [0.05, 0.1) is 17.9 Å². The minimum atomic E-state index is -0.346. The third kappa shape index (κ3) is 6.59. The Morgan fingerprint density at radius 2 is 2.06 bits per heavy atom. The van der Waals surface area contributed by atoms with E-state index in [0.717, 1.165) is 54.6 Å². The van der Waals surface area contributed by atoms with Gasteiger partial charge in [0.1, 0.15) is 10.8 Å². The smallest absolute Gasteiger partial charge is 0.341 e. The first-order valence-electron chi connectivity index (χ1n) is 13.3. The van der Waals surface area contributed by atoms with Crippen LogP contribution in [-0.2, 0) is 35.3 Å². The fourth-order valence-corrected chi connectivity index (χ4v) is 7.46. The van der Waals surface area contributed by atoms with Crippen LogP contribution >= 0.6 is 23.1 Å². The number of carbonyl (C=O) groups is 2. The highest BCUT2D eigenvalue weighted by atomic mass is 32.2. The van der Waals surface area contributed by atoms with Crippen LogP contribution in [0.3, 0.4) is 0 Å². The summed E-state index contributed by atoms with van der Waals surface area (Å²) in [5.41, 5.74) is 1.59. The van der Waals surface area contributed by atoms with Crippen molar-refractivity contribution < 1.29 is 14.3 Å². The summed E-state index contributed by atoms with van der Waals surface area (Å²) >= 11 is 2.89. The maximum atomic E-state index is 12.9. The van der Waals surface area contributed by atoms with E-state index in [-0.39, 0.29) is 17.6 Å². The molecule has 0 radical (unpaired) electrons.